The van der Waals surface area contributed by atoms with Crippen molar-refractivity contribution in [1.82, 2.24) is 0 Å². The van der Waals surface area contributed by atoms with Gasteiger partial charge >= 0.3 is 0 Å². The third-order valence-corrected chi connectivity index (χ3v) is 2.51. The van der Waals surface area contributed by atoms with Crippen LogP contribution in [0.1, 0.15) is 32.1 Å². The van der Waals surface area contributed by atoms with Crippen LogP contribution in [0.5, 0.6) is 0 Å². The number of halogens is 1. The highest BCUT2D eigenvalue weighted by atomic mass is 127. The van der Waals surface area contributed by atoms with Crippen molar-refractivity contribution >= 4 is 6.29 Å². The molecule has 3 nitrogen and oxygen atoms in total. The lowest BCUT2D eigenvalue weighted by Crippen LogP contribution is -3.00. The quantitative estimate of drug-likeness (QED) is 0.235. The molecule has 0 atom stereocenters. The van der Waals surface area contributed by atoms with E-state index in [0.29, 0.717) is 6.42 Å². The van der Waals surface area contributed by atoms with Gasteiger partial charge in [0.15, 0.2) is 0 Å². The summed E-state index contributed by atoms with van der Waals surface area (Å²) in [6, 6.07) is 0. The van der Waals surface area contributed by atoms with Crippen molar-refractivity contribution in [1.29, 1.82) is 0 Å². The van der Waals surface area contributed by atoms with E-state index in [0.717, 1.165) is 43.1 Å². The molecule has 15 heavy (non-hydrogen) atoms. The lowest BCUT2D eigenvalue weighted by Gasteiger charge is -2.29. The molecule has 0 unspecified atom stereocenters. The molecule has 0 heterocycles. The van der Waals surface area contributed by atoms with Crippen molar-refractivity contribution in [2.45, 2.75) is 32.1 Å². The van der Waals surface area contributed by atoms with E-state index in [-0.39, 0.29) is 30.6 Å². The van der Waals surface area contributed by atoms with Gasteiger partial charge in [-0.3, -0.25) is 0 Å². The van der Waals surface area contributed by atoms with Gasteiger partial charge < -0.3 is 38.4 Å². The topological polar surface area (TPSA) is 37.3 Å². The Kier molecular flexibility index (Phi) is 12.8. The molecule has 0 spiro atoms. The Labute approximate surface area is 110 Å². The van der Waals surface area contributed by atoms with E-state index < -0.39 is 0 Å². The summed E-state index contributed by atoms with van der Waals surface area (Å²) >= 11 is 0. The average Bonchev–Trinajstić information content (AvgIpc) is 2.15. The number of carbonyl (C=O) groups excluding carboxylic acids is 1. The number of carbonyl (C=O) groups is 1. The summed E-state index contributed by atoms with van der Waals surface area (Å²) in [6.07, 6.45) is 5.90. The number of unbranched alkanes of at least 4 members (excludes halogenated alkanes) is 3. The second kappa shape index (κ2) is 10.8. The maximum absolute atomic E-state index is 10.1. The van der Waals surface area contributed by atoms with Crippen LogP contribution in [0.15, 0.2) is 0 Å². The first-order valence-corrected chi connectivity index (χ1v) is 5.49. The van der Waals surface area contributed by atoms with E-state index in [1.807, 2.05) is 0 Å². The molecule has 0 aromatic heterocycles. The Balaban J connectivity index is 0. The SMILES string of the molecule is C[N+](C)(CCCO)CCCCCC=O.[I-]. The summed E-state index contributed by atoms with van der Waals surface area (Å²) in [7, 11) is 4.38. The molecular weight excluding hydrogens is 305 g/mol. The number of rotatable bonds is 9. The van der Waals surface area contributed by atoms with E-state index in [9.17, 15) is 4.79 Å². The highest BCUT2D eigenvalue weighted by Gasteiger charge is 2.12. The molecule has 0 amide bonds. The molecule has 4 heteroatoms. The lowest BCUT2D eigenvalue weighted by atomic mass is 10.2. The van der Waals surface area contributed by atoms with Gasteiger partial charge in [0, 0.05) is 19.4 Å². The van der Waals surface area contributed by atoms with Crippen LogP contribution >= 0.6 is 0 Å². The van der Waals surface area contributed by atoms with E-state index >= 15 is 0 Å². The van der Waals surface area contributed by atoms with E-state index in [1.165, 1.54) is 6.42 Å². The first-order valence-electron chi connectivity index (χ1n) is 5.49. The second-order valence-corrected chi connectivity index (χ2v) is 4.48. The molecule has 0 aromatic carbocycles. The molecule has 0 aliphatic rings. The van der Waals surface area contributed by atoms with Crippen LogP contribution in [0.25, 0.3) is 0 Å². The first kappa shape index (κ1) is 17.7. The molecule has 0 aromatic rings. The molecule has 92 valence electrons. The predicted octanol–water partition coefficient (Wildman–Crippen LogP) is -1.79. The molecule has 0 rings (SSSR count). The first-order chi connectivity index (χ1) is 6.62. The monoisotopic (exact) mass is 329 g/mol. The molecule has 0 radical (unpaired) electrons. The van der Waals surface area contributed by atoms with Gasteiger partial charge in [-0.05, 0) is 19.3 Å². The predicted molar refractivity (Wildman–Crippen MR) is 58.1 cm³/mol. The van der Waals surface area contributed by atoms with Crippen molar-refractivity contribution in [2.24, 2.45) is 0 Å². The van der Waals surface area contributed by atoms with Crippen molar-refractivity contribution in [2.75, 3.05) is 33.8 Å². The zero-order valence-electron chi connectivity index (χ0n) is 9.91. The standard InChI is InChI=1S/C11H24NO2.HI/c1-12(2,9-7-11-14)8-5-3-4-6-10-13;/h10,14H,3-9,11H2,1-2H3;1H/q+1;/p-1. The highest BCUT2D eigenvalue weighted by molar-refractivity contribution is 5.48. The number of quaternary nitrogens is 1. The largest absolute Gasteiger partial charge is 1.00 e. The Morgan fingerprint density at radius 3 is 2.20 bits per heavy atom. The normalized spacial score (nSPS) is 10.9. The van der Waals surface area contributed by atoms with Gasteiger partial charge in [-0.25, -0.2) is 0 Å². The average molecular weight is 329 g/mol. The highest BCUT2D eigenvalue weighted by Crippen LogP contribution is 2.05. The van der Waals surface area contributed by atoms with Gasteiger partial charge in [0.2, 0.25) is 0 Å². The Bertz CT molecular complexity index is 152. The van der Waals surface area contributed by atoms with Crippen LogP contribution in [-0.2, 0) is 4.79 Å². The molecule has 0 aliphatic heterocycles. The number of hydrogen-bond donors (Lipinski definition) is 1. The van der Waals surface area contributed by atoms with E-state index in [1.54, 1.807) is 0 Å². The van der Waals surface area contributed by atoms with Gasteiger partial charge in [-0.2, -0.15) is 0 Å². The minimum Gasteiger partial charge on any atom is -1.00 e. The van der Waals surface area contributed by atoms with Gasteiger partial charge in [0.25, 0.3) is 0 Å². The molecule has 0 saturated carbocycles. The fourth-order valence-corrected chi connectivity index (χ4v) is 1.55. The molecule has 0 aliphatic carbocycles. The molecular formula is C11H24INO2. The molecule has 0 saturated heterocycles. The van der Waals surface area contributed by atoms with Crippen molar-refractivity contribution in [3.63, 3.8) is 0 Å². The number of aliphatic hydroxyl groups excluding tert-OH is 1. The minimum absolute atomic E-state index is 0. The third-order valence-electron chi connectivity index (χ3n) is 2.51. The number of aldehydes is 1. The third kappa shape index (κ3) is 12.3. The second-order valence-electron chi connectivity index (χ2n) is 4.48. The zero-order chi connectivity index (χ0) is 10.9. The van der Waals surface area contributed by atoms with Crippen LogP contribution in [0.2, 0.25) is 0 Å². The van der Waals surface area contributed by atoms with Gasteiger partial charge in [-0.1, -0.05) is 0 Å². The Hall–Kier alpha value is 0.320. The molecule has 1 N–H and O–H groups in total. The maximum atomic E-state index is 10.1. The number of nitrogens with zero attached hydrogens (tertiary/aromatic N) is 1. The van der Waals surface area contributed by atoms with Crippen LogP contribution < -0.4 is 24.0 Å². The Morgan fingerprint density at radius 1 is 1.07 bits per heavy atom. The summed E-state index contributed by atoms with van der Waals surface area (Å²) in [5.74, 6) is 0. The van der Waals surface area contributed by atoms with Crippen LogP contribution in [-0.4, -0.2) is 49.7 Å². The minimum atomic E-state index is 0. The lowest BCUT2D eigenvalue weighted by molar-refractivity contribution is -0.890. The van der Waals surface area contributed by atoms with E-state index in [4.69, 9.17) is 5.11 Å². The molecule has 0 bridgehead atoms. The summed E-state index contributed by atoms with van der Waals surface area (Å²) < 4.78 is 0.974. The van der Waals surface area contributed by atoms with Crippen LogP contribution in [0.4, 0.5) is 0 Å². The van der Waals surface area contributed by atoms with Crippen LogP contribution in [0, 0.1) is 0 Å². The van der Waals surface area contributed by atoms with Gasteiger partial charge in [0.1, 0.15) is 6.29 Å². The fraction of sp³-hybridized carbons (Fsp3) is 0.909. The number of aliphatic hydroxyl groups is 1. The smallest absolute Gasteiger partial charge is 0.119 e. The van der Waals surface area contributed by atoms with Crippen molar-refractivity contribution < 1.29 is 38.4 Å². The Morgan fingerprint density at radius 2 is 1.67 bits per heavy atom. The van der Waals surface area contributed by atoms with Crippen molar-refractivity contribution in [3.8, 4) is 0 Å². The van der Waals surface area contributed by atoms with E-state index in [2.05, 4.69) is 14.1 Å². The zero-order valence-corrected chi connectivity index (χ0v) is 12.1. The molecule has 0 fully saturated rings. The van der Waals surface area contributed by atoms with Crippen LogP contribution in [0.3, 0.4) is 0 Å². The summed E-state index contributed by atoms with van der Waals surface area (Å²) in [5.41, 5.74) is 0. The maximum Gasteiger partial charge on any atom is 0.119 e. The fourth-order valence-electron chi connectivity index (χ4n) is 1.55. The summed E-state index contributed by atoms with van der Waals surface area (Å²) in [5, 5.41) is 8.72. The summed E-state index contributed by atoms with van der Waals surface area (Å²) in [4.78, 5) is 10.1. The van der Waals surface area contributed by atoms with Crippen molar-refractivity contribution in [3.05, 3.63) is 0 Å². The van der Waals surface area contributed by atoms with Gasteiger partial charge in [-0.15, -0.1) is 0 Å². The number of hydrogen-bond acceptors (Lipinski definition) is 2. The van der Waals surface area contributed by atoms with Gasteiger partial charge in [0.05, 0.1) is 27.2 Å². The summed E-state index contributed by atoms with van der Waals surface area (Å²) in [6.45, 7) is 2.45.